The van der Waals surface area contributed by atoms with Crippen molar-refractivity contribution in [1.29, 1.82) is 5.26 Å². The van der Waals surface area contributed by atoms with Gasteiger partial charge in [-0.1, -0.05) is 0 Å². The Labute approximate surface area is 135 Å². The van der Waals surface area contributed by atoms with Crippen molar-refractivity contribution in [3.63, 3.8) is 0 Å². The van der Waals surface area contributed by atoms with Gasteiger partial charge in [0, 0.05) is 31.2 Å². The second-order valence-electron chi connectivity index (χ2n) is 6.10. The average Bonchev–Trinajstić information content (AvgIpc) is 3.08. The summed E-state index contributed by atoms with van der Waals surface area (Å²) < 4.78 is 0. The van der Waals surface area contributed by atoms with Crippen molar-refractivity contribution in [2.24, 2.45) is 5.92 Å². The largest absolute Gasteiger partial charge is 0.385 e. The first-order valence-corrected chi connectivity index (χ1v) is 7.90. The summed E-state index contributed by atoms with van der Waals surface area (Å²) in [7, 11) is 0. The van der Waals surface area contributed by atoms with Crippen molar-refractivity contribution in [3.8, 4) is 6.07 Å². The number of aromatic amines is 1. The number of anilines is 1. The normalized spacial score (nSPS) is 17.0. The molecule has 0 aromatic carbocycles. The zero-order valence-electron chi connectivity index (χ0n) is 13.5. The SMILES string of the molecule is Cc1cc(N2CCC(C(O)c3ncc[nH]3)CC2)c(C#N)c(C)n1. The Morgan fingerprint density at radius 2 is 2.13 bits per heavy atom. The molecule has 0 spiro atoms. The van der Waals surface area contributed by atoms with Gasteiger partial charge in [-0.25, -0.2) is 4.98 Å². The van der Waals surface area contributed by atoms with Gasteiger partial charge in [0.15, 0.2) is 0 Å². The molecule has 2 aromatic heterocycles. The molecule has 1 atom stereocenters. The van der Waals surface area contributed by atoms with Gasteiger partial charge in [0.2, 0.25) is 0 Å². The van der Waals surface area contributed by atoms with Crippen LogP contribution in [0.5, 0.6) is 0 Å². The fourth-order valence-corrected chi connectivity index (χ4v) is 3.31. The molecule has 120 valence electrons. The number of imidazole rings is 1. The summed E-state index contributed by atoms with van der Waals surface area (Å²) in [5, 5.41) is 19.8. The molecule has 1 fully saturated rings. The molecule has 1 saturated heterocycles. The molecule has 6 heteroatoms. The Kier molecular flexibility index (Phi) is 4.30. The summed E-state index contributed by atoms with van der Waals surface area (Å²) in [6.07, 6.45) is 4.58. The molecular formula is C17H21N5O. The van der Waals surface area contributed by atoms with Crippen molar-refractivity contribution < 1.29 is 5.11 Å². The van der Waals surface area contributed by atoms with Crippen LogP contribution in [0.15, 0.2) is 18.5 Å². The molecule has 2 aromatic rings. The van der Waals surface area contributed by atoms with Crippen molar-refractivity contribution in [2.75, 3.05) is 18.0 Å². The van der Waals surface area contributed by atoms with E-state index in [1.165, 1.54) is 0 Å². The van der Waals surface area contributed by atoms with Gasteiger partial charge in [0.05, 0.1) is 16.9 Å². The van der Waals surface area contributed by atoms with E-state index in [9.17, 15) is 10.4 Å². The highest BCUT2D eigenvalue weighted by molar-refractivity contribution is 5.61. The minimum atomic E-state index is -0.552. The smallest absolute Gasteiger partial charge is 0.135 e. The van der Waals surface area contributed by atoms with E-state index in [1.54, 1.807) is 12.4 Å². The van der Waals surface area contributed by atoms with E-state index in [-0.39, 0.29) is 5.92 Å². The van der Waals surface area contributed by atoms with Crippen molar-refractivity contribution >= 4 is 5.69 Å². The van der Waals surface area contributed by atoms with Gasteiger partial charge in [-0.15, -0.1) is 0 Å². The highest BCUT2D eigenvalue weighted by Gasteiger charge is 2.28. The lowest BCUT2D eigenvalue weighted by molar-refractivity contribution is 0.0857. The molecule has 1 aliphatic heterocycles. The van der Waals surface area contributed by atoms with Gasteiger partial charge in [0.1, 0.15) is 18.0 Å². The van der Waals surface area contributed by atoms with E-state index in [0.717, 1.165) is 43.0 Å². The molecule has 0 aliphatic carbocycles. The minimum absolute atomic E-state index is 0.187. The van der Waals surface area contributed by atoms with Crippen molar-refractivity contribution in [1.82, 2.24) is 15.0 Å². The summed E-state index contributed by atoms with van der Waals surface area (Å²) in [5.41, 5.74) is 3.32. The predicted molar refractivity (Wildman–Crippen MR) is 86.9 cm³/mol. The molecule has 6 nitrogen and oxygen atoms in total. The second-order valence-corrected chi connectivity index (χ2v) is 6.10. The molecule has 23 heavy (non-hydrogen) atoms. The van der Waals surface area contributed by atoms with E-state index in [4.69, 9.17) is 0 Å². The van der Waals surface area contributed by atoms with Crippen LogP contribution in [-0.4, -0.2) is 33.1 Å². The van der Waals surface area contributed by atoms with E-state index in [2.05, 4.69) is 25.9 Å². The molecular weight excluding hydrogens is 290 g/mol. The maximum absolute atomic E-state index is 10.4. The average molecular weight is 311 g/mol. The first-order chi connectivity index (χ1) is 11.1. The van der Waals surface area contributed by atoms with Crippen molar-refractivity contribution in [2.45, 2.75) is 32.8 Å². The molecule has 0 radical (unpaired) electrons. The number of aliphatic hydroxyl groups is 1. The number of rotatable bonds is 3. The lowest BCUT2D eigenvalue weighted by Gasteiger charge is -2.35. The van der Waals surface area contributed by atoms with Crippen LogP contribution < -0.4 is 4.90 Å². The van der Waals surface area contributed by atoms with Crippen LogP contribution in [-0.2, 0) is 0 Å². The van der Waals surface area contributed by atoms with Crippen LogP contribution in [0, 0.1) is 31.1 Å². The van der Waals surface area contributed by atoms with Crippen LogP contribution >= 0.6 is 0 Å². The summed E-state index contributed by atoms with van der Waals surface area (Å²) in [6.45, 7) is 5.47. The minimum Gasteiger partial charge on any atom is -0.385 e. The number of hydrogen-bond donors (Lipinski definition) is 2. The number of aryl methyl sites for hydroxylation is 2. The van der Waals surface area contributed by atoms with Gasteiger partial charge in [-0.3, -0.25) is 4.98 Å². The summed E-state index contributed by atoms with van der Waals surface area (Å²) in [4.78, 5) is 13.7. The Morgan fingerprint density at radius 1 is 1.39 bits per heavy atom. The van der Waals surface area contributed by atoms with Crippen LogP contribution in [0.25, 0.3) is 0 Å². The summed E-state index contributed by atoms with van der Waals surface area (Å²) in [5.74, 6) is 0.823. The van der Waals surface area contributed by atoms with Gasteiger partial charge in [-0.2, -0.15) is 5.26 Å². The number of aliphatic hydroxyl groups excluding tert-OH is 1. The number of piperidine rings is 1. The van der Waals surface area contributed by atoms with Gasteiger partial charge < -0.3 is 15.0 Å². The molecule has 0 amide bonds. The summed E-state index contributed by atoms with van der Waals surface area (Å²) >= 11 is 0. The first kappa shape index (κ1) is 15.5. The van der Waals surface area contributed by atoms with Crippen LogP contribution in [0.4, 0.5) is 5.69 Å². The van der Waals surface area contributed by atoms with E-state index in [1.807, 2.05) is 19.9 Å². The van der Waals surface area contributed by atoms with Crippen LogP contribution in [0.3, 0.4) is 0 Å². The predicted octanol–water partition coefficient (Wildman–Crippen LogP) is 2.24. The molecule has 3 rings (SSSR count). The third kappa shape index (κ3) is 3.06. The lowest BCUT2D eigenvalue weighted by Crippen LogP contribution is -2.36. The van der Waals surface area contributed by atoms with Crippen molar-refractivity contribution in [3.05, 3.63) is 41.2 Å². The van der Waals surface area contributed by atoms with Gasteiger partial charge in [0.25, 0.3) is 0 Å². The Bertz CT molecular complexity index is 711. The highest BCUT2D eigenvalue weighted by atomic mass is 16.3. The van der Waals surface area contributed by atoms with E-state index in [0.29, 0.717) is 11.4 Å². The molecule has 2 N–H and O–H groups in total. The Balaban J connectivity index is 1.74. The number of aromatic nitrogens is 3. The van der Waals surface area contributed by atoms with Crippen LogP contribution in [0.1, 0.15) is 41.7 Å². The zero-order valence-corrected chi connectivity index (χ0v) is 13.5. The van der Waals surface area contributed by atoms with Crippen LogP contribution in [0.2, 0.25) is 0 Å². The monoisotopic (exact) mass is 311 g/mol. The number of pyridine rings is 1. The van der Waals surface area contributed by atoms with E-state index >= 15 is 0 Å². The molecule has 3 heterocycles. The lowest BCUT2D eigenvalue weighted by atomic mass is 9.90. The summed E-state index contributed by atoms with van der Waals surface area (Å²) in [6, 6.07) is 4.26. The standard InChI is InChI=1S/C17H21N5O/c1-11-9-15(14(10-18)12(2)21-11)22-7-3-13(4-8-22)16(23)17-19-5-6-20-17/h5-6,9,13,16,23H,3-4,7-8H2,1-2H3,(H,19,20). The quantitative estimate of drug-likeness (QED) is 0.907. The highest BCUT2D eigenvalue weighted by Crippen LogP contribution is 2.32. The maximum Gasteiger partial charge on any atom is 0.135 e. The molecule has 0 bridgehead atoms. The topological polar surface area (TPSA) is 88.8 Å². The number of hydrogen-bond acceptors (Lipinski definition) is 5. The zero-order chi connectivity index (χ0) is 16.4. The van der Waals surface area contributed by atoms with E-state index < -0.39 is 6.10 Å². The number of H-pyrrole nitrogens is 1. The molecule has 1 unspecified atom stereocenters. The third-order valence-corrected chi connectivity index (χ3v) is 4.55. The molecule has 0 saturated carbocycles. The molecule has 1 aliphatic rings. The Hall–Kier alpha value is -2.39. The van der Waals surface area contributed by atoms with Gasteiger partial charge in [-0.05, 0) is 38.7 Å². The Morgan fingerprint density at radius 3 is 2.74 bits per heavy atom. The number of nitrogens with zero attached hydrogens (tertiary/aromatic N) is 4. The first-order valence-electron chi connectivity index (χ1n) is 7.90. The fraction of sp³-hybridized carbons (Fsp3) is 0.471. The van der Waals surface area contributed by atoms with Gasteiger partial charge >= 0.3 is 0 Å². The fourth-order valence-electron chi connectivity index (χ4n) is 3.31. The maximum atomic E-state index is 10.4. The number of nitrogens with one attached hydrogen (secondary N) is 1. The second kappa shape index (κ2) is 6.39. The third-order valence-electron chi connectivity index (χ3n) is 4.55. The number of nitriles is 1.